The number of hydrogen-bond donors (Lipinski definition) is 0. The van der Waals surface area contributed by atoms with Gasteiger partial charge in [0.25, 0.3) is 0 Å². The SMILES string of the molecule is CCN(CCCl)C(=O)C1CCC(F)(F)CC1. The lowest BCUT2D eigenvalue weighted by atomic mass is 9.86. The lowest BCUT2D eigenvalue weighted by Crippen LogP contribution is -2.40. The van der Waals surface area contributed by atoms with Gasteiger partial charge in [0, 0.05) is 37.7 Å². The van der Waals surface area contributed by atoms with Gasteiger partial charge in [-0.05, 0) is 19.8 Å². The molecule has 0 saturated heterocycles. The zero-order valence-electron chi connectivity index (χ0n) is 9.52. The number of amides is 1. The second kappa shape index (κ2) is 5.80. The Morgan fingerprint density at radius 1 is 1.44 bits per heavy atom. The number of alkyl halides is 3. The number of rotatable bonds is 4. The molecule has 0 bridgehead atoms. The summed E-state index contributed by atoms with van der Waals surface area (Å²) >= 11 is 5.59. The molecular weight excluding hydrogens is 236 g/mol. The molecule has 0 spiro atoms. The average molecular weight is 254 g/mol. The first kappa shape index (κ1) is 13.7. The minimum Gasteiger partial charge on any atom is -0.342 e. The fraction of sp³-hybridized carbons (Fsp3) is 0.909. The topological polar surface area (TPSA) is 20.3 Å². The molecule has 1 aliphatic rings. The molecule has 1 rings (SSSR count). The summed E-state index contributed by atoms with van der Waals surface area (Å²) in [4.78, 5) is 13.6. The summed E-state index contributed by atoms with van der Waals surface area (Å²) in [6.45, 7) is 2.98. The molecule has 0 atom stereocenters. The van der Waals surface area contributed by atoms with Crippen LogP contribution in [-0.4, -0.2) is 35.7 Å². The third-order valence-electron chi connectivity index (χ3n) is 3.11. The van der Waals surface area contributed by atoms with Crippen LogP contribution in [0, 0.1) is 5.92 Å². The Hall–Kier alpha value is -0.380. The second-order valence-corrected chi connectivity index (χ2v) is 4.62. The van der Waals surface area contributed by atoms with Gasteiger partial charge in [-0.15, -0.1) is 11.6 Å². The maximum absolute atomic E-state index is 12.9. The van der Waals surface area contributed by atoms with Crippen molar-refractivity contribution >= 4 is 17.5 Å². The van der Waals surface area contributed by atoms with E-state index in [1.165, 1.54) is 0 Å². The summed E-state index contributed by atoms with van der Waals surface area (Å²) < 4.78 is 25.9. The molecule has 2 nitrogen and oxygen atoms in total. The first-order valence-corrected chi connectivity index (χ1v) is 6.26. The lowest BCUT2D eigenvalue weighted by Gasteiger charge is -2.31. The Bertz CT molecular complexity index is 238. The predicted octanol–water partition coefficient (Wildman–Crippen LogP) is 2.90. The largest absolute Gasteiger partial charge is 0.342 e. The van der Waals surface area contributed by atoms with E-state index in [1.54, 1.807) is 4.90 Å². The first-order valence-electron chi connectivity index (χ1n) is 5.72. The van der Waals surface area contributed by atoms with Gasteiger partial charge in [-0.1, -0.05) is 0 Å². The van der Waals surface area contributed by atoms with Crippen LogP contribution in [0.1, 0.15) is 32.6 Å². The van der Waals surface area contributed by atoms with Crippen LogP contribution in [0.15, 0.2) is 0 Å². The summed E-state index contributed by atoms with van der Waals surface area (Å²) in [6.07, 6.45) is 0.263. The van der Waals surface area contributed by atoms with Crippen LogP contribution in [0.3, 0.4) is 0 Å². The van der Waals surface area contributed by atoms with Crippen LogP contribution in [0.5, 0.6) is 0 Å². The van der Waals surface area contributed by atoms with Gasteiger partial charge >= 0.3 is 0 Å². The van der Waals surface area contributed by atoms with Gasteiger partial charge in [-0.2, -0.15) is 0 Å². The molecule has 1 saturated carbocycles. The molecule has 0 radical (unpaired) electrons. The highest BCUT2D eigenvalue weighted by molar-refractivity contribution is 6.18. The number of hydrogen-bond acceptors (Lipinski definition) is 1. The predicted molar refractivity (Wildman–Crippen MR) is 59.9 cm³/mol. The minimum absolute atomic E-state index is 0.0151. The Morgan fingerprint density at radius 3 is 2.44 bits per heavy atom. The standard InChI is InChI=1S/C11H18ClF2NO/c1-2-15(8-7-12)10(16)9-3-5-11(13,14)6-4-9/h9H,2-8H2,1H3. The third-order valence-corrected chi connectivity index (χ3v) is 3.28. The number of carbonyl (C=O) groups excluding carboxylic acids is 1. The molecule has 0 N–H and O–H groups in total. The van der Waals surface area contributed by atoms with Crippen LogP contribution < -0.4 is 0 Å². The first-order chi connectivity index (χ1) is 7.50. The summed E-state index contributed by atoms with van der Waals surface area (Å²) in [5.41, 5.74) is 0. The molecule has 94 valence electrons. The lowest BCUT2D eigenvalue weighted by molar-refractivity contribution is -0.139. The molecule has 0 aliphatic heterocycles. The Balaban J connectivity index is 2.49. The molecule has 0 aromatic heterocycles. The monoisotopic (exact) mass is 253 g/mol. The van der Waals surface area contributed by atoms with E-state index in [2.05, 4.69) is 0 Å². The van der Waals surface area contributed by atoms with Gasteiger partial charge in [-0.3, -0.25) is 4.79 Å². The van der Waals surface area contributed by atoms with E-state index in [1.807, 2.05) is 6.92 Å². The van der Waals surface area contributed by atoms with Crippen LogP contribution in [0.4, 0.5) is 8.78 Å². The fourth-order valence-electron chi connectivity index (χ4n) is 2.07. The zero-order valence-corrected chi connectivity index (χ0v) is 10.3. The van der Waals surface area contributed by atoms with Crippen LogP contribution in [0.2, 0.25) is 0 Å². The van der Waals surface area contributed by atoms with Crippen LogP contribution in [-0.2, 0) is 4.79 Å². The summed E-state index contributed by atoms with van der Waals surface area (Å²) in [6, 6.07) is 0. The van der Waals surface area contributed by atoms with E-state index in [0.29, 0.717) is 31.8 Å². The molecule has 5 heteroatoms. The van der Waals surface area contributed by atoms with Gasteiger partial charge in [0.2, 0.25) is 11.8 Å². The molecule has 1 amide bonds. The van der Waals surface area contributed by atoms with Crippen molar-refractivity contribution in [2.45, 2.75) is 38.5 Å². The fourth-order valence-corrected chi connectivity index (χ4v) is 2.28. The summed E-state index contributed by atoms with van der Waals surface area (Å²) in [5.74, 6) is -2.43. The molecule has 0 aromatic rings. The molecular formula is C11H18ClF2NO. The van der Waals surface area contributed by atoms with Crippen molar-refractivity contribution in [3.05, 3.63) is 0 Å². The van der Waals surface area contributed by atoms with Crippen molar-refractivity contribution in [2.75, 3.05) is 19.0 Å². The van der Waals surface area contributed by atoms with Crippen molar-refractivity contribution in [3.8, 4) is 0 Å². The van der Waals surface area contributed by atoms with Gasteiger partial charge in [0.05, 0.1) is 0 Å². The second-order valence-electron chi connectivity index (χ2n) is 4.24. The van der Waals surface area contributed by atoms with E-state index in [9.17, 15) is 13.6 Å². The van der Waals surface area contributed by atoms with E-state index in [4.69, 9.17) is 11.6 Å². The highest BCUT2D eigenvalue weighted by Crippen LogP contribution is 2.36. The summed E-state index contributed by atoms with van der Waals surface area (Å²) in [7, 11) is 0. The van der Waals surface area contributed by atoms with E-state index in [0.717, 1.165) is 0 Å². The van der Waals surface area contributed by atoms with Crippen molar-refractivity contribution < 1.29 is 13.6 Å². The van der Waals surface area contributed by atoms with Crippen LogP contribution >= 0.6 is 11.6 Å². The Morgan fingerprint density at radius 2 is 2.00 bits per heavy atom. The number of nitrogens with zero attached hydrogens (tertiary/aromatic N) is 1. The highest BCUT2D eigenvalue weighted by atomic mass is 35.5. The average Bonchev–Trinajstić information content (AvgIpc) is 2.25. The van der Waals surface area contributed by atoms with E-state index < -0.39 is 5.92 Å². The van der Waals surface area contributed by atoms with Gasteiger partial charge in [0.15, 0.2) is 0 Å². The molecule has 0 unspecified atom stereocenters. The minimum atomic E-state index is -2.57. The highest BCUT2D eigenvalue weighted by Gasteiger charge is 2.38. The summed E-state index contributed by atoms with van der Waals surface area (Å²) in [5, 5.41) is 0. The van der Waals surface area contributed by atoms with Gasteiger partial charge in [0.1, 0.15) is 0 Å². The number of halogens is 3. The van der Waals surface area contributed by atoms with E-state index in [-0.39, 0.29) is 24.7 Å². The molecule has 16 heavy (non-hydrogen) atoms. The zero-order chi connectivity index (χ0) is 12.2. The van der Waals surface area contributed by atoms with Crippen molar-refractivity contribution in [1.82, 2.24) is 4.90 Å². The molecule has 1 aliphatic carbocycles. The normalized spacial score (nSPS) is 20.8. The van der Waals surface area contributed by atoms with Crippen molar-refractivity contribution in [2.24, 2.45) is 5.92 Å². The van der Waals surface area contributed by atoms with Crippen molar-refractivity contribution in [3.63, 3.8) is 0 Å². The Kier molecular flexibility index (Phi) is 4.96. The Labute approximate surface area is 99.9 Å². The number of carbonyl (C=O) groups is 1. The quantitative estimate of drug-likeness (QED) is 0.706. The van der Waals surface area contributed by atoms with Crippen molar-refractivity contribution in [1.29, 1.82) is 0 Å². The molecule has 0 heterocycles. The smallest absolute Gasteiger partial charge is 0.248 e. The maximum Gasteiger partial charge on any atom is 0.248 e. The third kappa shape index (κ3) is 3.58. The molecule has 0 aromatic carbocycles. The maximum atomic E-state index is 12.9. The molecule has 1 fully saturated rings. The van der Waals surface area contributed by atoms with Gasteiger partial charge in [-0.25, -0.2) is 8.78 Å². The van der Waals surface area contributed by atoms with Gasteiger partial charge < -0.3 is 4.90 Å². The van der Waals surface area contributed by atoms with E-state index >= 15 is 0 Å². The van der Waals surface area contributed by atoms with Crippen LogP contribution in [0.25, 0.3) is 0 Å².